The molecule has 226 valence electrons. The van der Waals surface area contributed by atoms with Crippen molar-refractivity contribution in [2.45, 2.75) is 13.8 Å². The first-order chi connectivity index (χ1) is 21.1. The Morgan fingerprint density at radius 2 is 0.568 bits per heavy atom. The third kappa shape index (κ3) is 5.15. The molecule has 8 heteroatoms. The lowest BCUT2D eigenvalue weighted by molar-refractivity contribution is 0.373. The van der Waals surface area contributed by atoms with E-state index in [2.05, 4.69) is 0 Å². The second-order valence-corrected chi connectivity index (χ2v) is 10.3. The highest BCUT2D eigenvalue weighted by molar-refractivity contribution is 6.01. The van der Waals surface area contributed by atoms with Crippen LogP contribution in [-0.4, -0.2) is 48.9 Å². The molecule has 8 nitrogen and oxygen atoms in total. The van der Waals surface area contributed by atoms with E-state index in [4.69, 9.17) is 18.9 Å². The number of hydrogen-bond donors (Lipinski definition) is 4. The Balaban J connectivity index is 1.97. The lowest BCUT2D eigenvalue weighted by Gasteiger charge is -2.26. The van der Waals surface area contributed by atoms with E-state index in [1.165, 1.54) is 28.4 Å². The molecule has 0 spiro atoms. The minimum atomic E-state index is -0.0293. The minimum Gasteiger partial charge on any atom is -0.504 e. The molecule has 0 saturated carbocycles. The number of ether oxygens (including phenoxy) is 4. The van der Waals surface area contributed by atoms with E-state index >= 15 is 0 Å². The summed E-state index contributed by atoms with van der Waals surface area (Å²) in [7, 11) is 5.96. The Kier molecular flexibility index (Phi) is 8.18. The lowest BCUT2D eigenvalue weighted by atomic mass is 9.78. The average Bonchev–Trinajstić information content (AvgIpc) is 3.01. The summed E-state index contributed by atoms with van der Waals surface area (Å²) >= 11 is 0. The number of hydrogen-bond acceptors (Lipinski definition) is 8. The van der Waals surface area contributed by atoms with Crippen molar-refractivity contribution >= 4 is 0 Å². The molecular weight excluding hydrogens is 560 g/mol. The van der Waals surface area contributed by atoms with Gasteiger partial charge in [0.1, 0.15) is 0 Å². The van der Waals surface area contributed by atoms with Gasteiger partial charge in [0.2, 0.25) is 0 Å². The molecule has 5 rings (SSSR count). The molecule has 5 aromatic carbocycles. The molecular formula is C36H34O8. The molecule has 0 aromatic heterocycles. The van der Waals surface area contributed by atoms with Crippen molar-refractivity contribution < 1.29 is 39.4 Å². The third-order valence-electron chi connectivity index (χ3n) is 7.87. The average molecular weight is 595 g/mol. The summed E-state index contributed by atoms with van der Waals surface area (Å²) in [6, 6.07) is 20.8. The van der Waals surface area contributed by atoms with Gasteiger partial charge < -0.3 is 39.4 Å². The number of rotatable bonds is 8. The zero-order chi connectivity index (χ0) is 31.7. The molecule has 5 aromatic rings. The van der Waals surface area contributed by atoms with Gasteiger partial charge in [0.25, 0.3) is 0 Å². The molecule has 0 saturated heterocycles. The summed E-state index contributed by atoms with van der Waals surface area (Å²) in [5, 5.41) is 43.2. The van der Waals surface area contributed by atoms with Crippen LogP contribution < -0.4 is 18.9 Å². The second-order valence-electron chi connectivity index (χ2n) is 10.3. The van der Waals surface area contributed by atoms with Gasteiger partial charge in [-0.2, -0.15) is 0 Å². The van der Waals surface area contributed by atoms with E-state index in [1.807, 2.05) is 38.1 Å². The van der Waals surface area contributed by atoms with Crippen molar-refractivity contribution in [3.05, 3.63) is 83.9 Å². The quantitative estimate of drug-likeness (QED) is 0.144. The van der Waals surface area contributed by atoms with Crippen LogP contribution in [0.15, 0.2) is 72.8 Å². The highest BCUT2D eigenvalue weighted by Gasteiger charge is 2.26. The molecule has 0 unspecified atom stereocenters. The van der Waals surface area contributed by atoms with Gasteiger partial charge in [0.15, 0.2) is 46.0 Å². The zero-order valence-electron chi connectivity index (χ0n) is 25.4. The van der Waals surface area contributed by atoms with Gasteiger partial charge >= 0.3 is 0 Å². The van der Waals surface area contributed by atoms with Crippen LogP contribution in [0, 0.1) is 13.8 Å². The summed E-state index contributed by atoms with van der Waals surface area (Å²) in [4.78, 5) is 0. The molecule has 0 aliphatic carbocycles. The minimum absolute atomic E-state index is 0.0293. The Labute approximate surface area is 255 Å². The van der Waals surface area contributed by atoms with Crippen LogP contribution in [0.5, 0.6) is 46.0 Å². The second kappa shape index (κ2) is 12.0. The van der Waals surface area contributed by atoms with Gasteiger partial charge in [-0.05, 0) is 118 Å². The molecule has 4 N–H and O–H groups in total. The Morgan fingerprint density at radius 3 is 0.727 bits per heavy atom. The van der Waals surface area contributed by atoms with Crippen LogP contribution in [0.1, 0.15) is 11.1 Å². The van der Waals surface area contributed by atoms with Crippen molar-refractivity contribution in [1.82, 2.24) is 0 Å². The largest absolute Gasteiger partial charge is 0.504 e. The molecule has 0 atom stereocenters. The number of methoxy groups -OCH3 is 4. The Hall–Kier alpha value is -5.50. The maximum Gasteiger partial charge on any atom is 0.160 e. The maximum atomic E-state index is 10.8. The normalized spacial score (nSPS) is 10.9. The van der Waals surface area contributed by atoms with E-state index in [0.717, 1.165) is 33.4 Å². The van der Waals surface area contributed by atoms with E-state index in [9.17, 15) is 20.4 Å². The molecule has 0 aliphatic heterocycles. The van der Waals surface area contributed by atoms with E-state index in [1.54, 1.807) is 48.5 Å². The van der Waals surface area contributed by atoms with Gasteiger partial charge in [-0.1, -0.05) is 24.3 Å². The van der Waals surface area contributed by atoms with Crippen LogP contribution >= 0.6 is 0 Å². The number of benzene rings is 5. The Bertz CT molecular complexity index is 1610. The highest BCUT2D eigenvalue weighted by atomic mass is 16.5. The first-order valence-corrected chi connectivity index (χ1v) is 13.8. The highest BCUT2D eigenvalue weighted by Crippen LogP contribution is 2.51. The number of phenols is 4. The van der Waals surface area contributed by atoms with Crippen molar-refractivity contribution in [2.24, 2.45) is 0 Å². The fourth-order valence-corrected chi connectivity index (χ4v) is 5.83. The summed E-state index contributed by atoms with van der Waals surface area (Å²) < 4.78 is 21.2. The molecule has 0 amide bonds. The molecule has 0 radical (unpaired) electrons. The molecule has 0 fully saturated rings. The topological polar surface area (TPSA) is 118 Å². The predicted octanol–water partition coefficient (Wildman–Crippen LogP) is 7.83. The van der Waals surface area contributed by atoms with Gasteiger partial charge in [0.05, 0.1) is 28.4 Å². The summed E-state index contributed by atoms with van der Waals surface area (Å²) in [5.74, 6) is 1.21. The van der Waals surface area contributed by atoms with E-state index < -0.39 is 0 Å². The van der Waals surface area contributed by atoms with Crippen LogP contribution in [0.2, 0.25) is 0 Å². The third-order valence-corrected chi connectivity index (χ3v) is 7.87. The number of aromatic hydroxyl groups is 4. The molecule has 44 heavy (non-hydrogen) atoms. The van der Waals surface area contributed by atoms with Crippen molar-refractivity contribution in [1.29, 1.82) is 0 Å². The van der Waals surface area contributed by atoms with Gasteiger partial charge in [0, 0.05) is 0 Å². The van der Waals surface area contributed by atoms with Crippen molar-refractivity contribution in [3.63, 3.8) is 0 Å². The van der Waals surface area contributed by atoms with Gasteiger partial charge in [-0.3, -0.25) is 0 Å². The smallest absolute Gasteiger partial charge is 0.160 e. The zero-order valence-corrected chi connectivity index (χ0v) is 25.4. The summed E-state index contributed by atoms with van der Waals surface area (Å²) in [5.41, 5.74) is 7.62. The first kappa shape index (κ1) is 30.0. The van der Waals surface area contributed by atoms with Crippen LogP contribution in [-0.2, 0) is 0 Å². The van der Waals surface area contributed by atoms with E-state index in [0.29, 0.717) is 45.3 Å². The lowest BCUT2D eigenvalue weighted by Crippen LogP contribution is -2.02. The first-order valence-electron chi connectivity index (χ1n) is 13.8. The fraction of sp³-hybridized carbons (Fsp3) is 0.167. The van der Waals surface area contributed by atoms with Gasteiger partial charge in [-0.15, -0.1) is 0 Å². The van der Waals surface area contributed by atoms with Crippen LogP contribution in [0.25, 0.3) is 44.5 Å². The van der Waals surface area contributed by atoms with Crippen molar-refractivity contribution in [2.75, 3.05) is 28.4 Å². The summed E-state index contributed by atoms with van der Waals surface area (Å²) in [6.45, 7) is 3.93. The monoisotopic (exact) mass is 594 g/mol. The maximum absolute atomic E-state index is 10.8. The van der Waals surface area contributed by atoms with Crippen LogP contribution in [0.4, 0.5) is 0 Å². The standard InChI is InChI=1S/C36H34O8/c1-19-33(21-7-11-29(41-3)25(37)15-21)35(23-9-13-31(43-5)27(39)17-23)20(2)36(24-10-14-32(44-6)28(40)18-24)34(19)22-8-12-30(42-4)26(38)16-22/h7-18,37-40H,1-6H3. The molecule has 0 aliphatic rings. The number of phenolic OH excluding ortho intramolecular Hbond substituents is 4. The van der Waals surface area contributed by atoms with Gasteiger partial charge in [-0.25, -0.2) is 0 Å². The fourth-order valence-electron chi connectivity index (χ4n) is 5.83. The Morgan fingerprint density at radius 1 is 0.364 bits per heavy atom. The van der Waals surface area contributed by atoms with Crippen LogP contribution in [0.3, 0.4) is 0 Å². The predicted molar refractivity (Wildman–Crippen MR) is 171 cm³/mol. The van der Waals surface area contributed by atoms with Crippen molar-refractivity contribution in [3.8, 4) is 90.5 Å². The SMILES string of the molecule is COc1ccc(-c2c(C)c(-c3ccc(OC)c(O)c3)c(-c3ccc(OC)c(O)c3)c(C)c2-c2ccc(OC)c(O)c2)cc1O. The van der Waals surface area contributed by atoms with E-state index in [-0.39, 0.29) is 23.0 Å². The summed E-state index contributed by atoms with van der Waals surface area (Å²) in [6.07, 6.45) is 0. The molecule has 0 heterocycles. The molecule has 0 bridgehead atoms.